The van der Waals surface area contributed by atoms with Crippen molar-refractivity contribution >= 4 is 11.7 Å². The van der Waals surface area contributed by atoms with E-state index >= 15 is 0 Å². The third-order valence-electron chi connectivity index (χ3n) is 5.08. The lowest BCUT2D eigenvalue weighted by Gasteiger charge is -2.33. The van der Waals surface area contributed by atoms with Crippen LogP contribution in [0, 0.1) is 5.92 Å². The summed E-state index contributed by atoms with van der Waals surface area (Å²) in [7, 11) is 0. The van der Waals surface area contributed by atoms with E-state index in [0.717, 1.165) is 44.4 Å². The Morgan fingerprint density at radius 2 is 1.92 bits per heavy atom. The number of nitrogens with two attached hydrogens (primary N) is 1. The van der Waals surface area contributed by atoms with E-state index in [1.165, 1.54) is 6.07 Å². The number of hydrogen-bond donors (Lipinski definition) is 2. The van der Waals surface area contributed by atoms with Crippen LogP contribution in [0.15, 0.2) is 18.3 Å². The highest BCUT2D eigenvalue weighted by molar-refractivity contribution is 5.79. The first-order chi connectivity index (χ1) is 11.8. The minimum absolute atomic E-state index is 0.0182. The summed E-state index contributed by atoms with van der Waals surface area (Å²) in [6, 6.07) is 2.69. The largest absolute Gasteiger partial charge is 0.417 e. The number of aromatic nitrogens is 1. The van der Waals surface area contributed by atoms with Gasteiger partial charge >= 0.3 is 6.18 Å². The molecule has 8 heteroatoms. The average molecular weight is 356 g/mol. The Kier molecular flexibility index (Phi) is 5.17. The van der Waals surface area contributed by atoms with Gasteiger partial charge in [-0.25, -0.2) is 4.98 Å². The summed E-state index contributed by atoms with van der Waals surface area (Å²) in [6.07, 6.45) is 0.510. The second kappa shape index (κ2) is 7.19. The van der Waals surface area contributed by atoms with Crippen molar-refractivity contribution in [2.24, 2.45) is 11.7 Å². The lowest BCUT2D eigenvalue weighted by Crippen LogP contribution is -2.46. The molecule has 138 valence electrons. The molecule has 0 radical (unpaired) electrons. The summed E-state index contributed by atoms with van der Waals surface area (Å²) in [6.45, 7) is 1.32. The minimum atomic E-state index is -4.37. The number of nitrogens with zero attached hydrogens (tertiary/aromatic N) is 2. The minimum Gasteiger partial charge on any atom is -0.356 e. The molecule has 1 aliphatic carbocycles. The molecular formula is C17H23F3N4O. The fraction of sp³-hybridized carbons (Fsp3) is 0.647. The van der Waals surface area contributed by atoms with Crippen molar-refractivity contribution < 1.29 is 18.0 Å². The van der Waals surface area contributed by atoms with E-state index in [9.17, 15) is 18.0 Å². The van der Waals surface area contributed by atoms with Gasteiger partial charge in [0.2, 0.25) is 5.91 Å². The Morgan fingerprint density at radius 3 is 2.44 bits per heavy atom. The van der Waals surface area contributed by atoms with Crippen LogP contribution >= 0.6 is 0 Å². The Balaban J connectivity index is 1.49. The molecule has 2 heterocycles. The smallest absolute Gasteiger partial charge is 0.356 e. The van der Waals surface area contributed by atoms with Gasteiger partial charge < -0.3 is 16.0 Å². The van der Waals surface area contributed by atoms with Crippen molar-refractivity contribution in [1.82, 2.24) is 10.3 Å². The average Bonchev–Trinajstić information content (AvgIpc) is 3.02. The van der Waals surface area contributed by atoms with Crippen LogP contribution in [0.2, 0.25) is 0 Å². The third kappa shape index (κ3) is 4.42. The molecule has 2 unspecified atom stereocenters. The van der Waals surface area contributed by atoms with Gasteiger partial charge in [-0.15, -0.1) is 0 Å². The van der Waals surface area contributed by atoms with E-state index < -0.39 is 11.7 Å². The molecule has 2 atom stereocenters. The van der Waals surface area contributed by atoms with Crippen LogP contribution in [0.5, 0.6) is 0 Å². The first-order valence-corrected chi connectivity index (χ1v) is 8.67. The Hall–Kier alpha value is -1.83. The lowest BCUT2D eigenvalue weighted by atomic mass is 10.0. The molecule has 1 aliphatic heterocycles. The second-order valence-electron chi connectivity index (χ2n) is 6.94. The topological polar surface area (TPSA) is 71.2 Å². The van der Waals surface area contributed by atoms with Crippen molar-refractivity contribution in [2.75, 3.05) is 18.0 Å². The van der Waals surface area contributed by atoms with E-state index in [-0.39, 0.29) is 23.9 Å². The van der Waals surface area contributed by atoms with Gasteiger partial charge in [-0.05, 0) is 44.2 Å². The SMILES string of the molecule is NC1CCC(C(=O)NC2CCN(c3ccc(C(F)(F)F)cn3)CC2)C1. The van der Waals surface area contributed by atoms with Crippen LogP contribution in [0.25, 0.3) is 0 Å². The fourth-order valence-corrected chi connectivity index (χ4v) is 3.57. The molecule has 2 aliphatic rings. The number of halogens is 3. The van der Waals surface area contributed by atoms with Crippen molar-refractivity contribution in [3.8, 4) is 0 Å². The van der Waals surface area contributed by atoms with Gasteiger partial charge in [-0.1, -0.05) is 0 Å². The van der Waals surface area contributed by atoms with Gasteiger partial charge in [0.25, 0.3) is 0 Å². The summed E-state index contributed by atoms with van der Waals surface area (Å²) in [5, 5.41) is 3.09. The molecule has 1 saturated heterocycles. The maximum absolute atomic E-state index is 12.6. The number of alkyl halides is 3. The normalized spacial score (nSPS) is 25.2. The highest BCUT2D eigenvalue weighted by Gasteiger charge is 2.32. The van der Waals surface area contributed by atoms with Gasteiger partial charge in [0.15, 0.2) is 0 Å². The fourth-order valence-electron chi connectivity index (χ4n) is 3.57. The Bertz CT molecular complexity index is 597. The number of nitrogens with one attached hydrogen (secondary N) is 1. The standard InChI is InChI=1S/C17H23F3N4O/c18-17(19,20)12-2-4-15(22-10-12)24-7-5-14(6-8-24)23-16(25)11-1-3-13(21)9-11/h2,4,10-11,13-14H,1,3,5-9,21H2,(H,23,25). The number of piperidine rings is 1. The van der Waals surface area contributed by atoms with Crippen LogP contribution in [0.4, 0.5) is 19.0 Å². The van der Waals surface area contributed by atoms with Gasteiger partial charge in [0.1, 0.15) is 5.82 Å². The molecule has 3 rings (SSSR count). The van der Waals surface area contributed by atoms with E-state index in [0.29, 0.717) is 18.9 Å². The predicted octanol–water partition coefficient (Wildman–Crippen LogP) is 2.31. The van der Waals surface area contributed by atoms with Gasteiger partial charge in [-0.3, -0.25) is 4.79 Å². The molecule has 25 heavy (non-hydrogen) atoms. The summed E-state index contributed by atoms with van der Waals surface area (Å²) >= 11 is 0. The highest BCUT2D eigenvalue weighted by atomic mass is 19.4. The molecule has 1 amide bonds. The van der Waals surface area contributed by atoms with Crippen molar-refractivity contribution in [1.29, 1.82) is 0 Å². The van der Waals surface area contributed by atoms with E-state index in [4.69, 9.17) is 5.73 Å². The van der Waals surface area contributed by atoms with Crippen LogP contribution in [-0.4, -0.2) is 36.1 Å². The zero-order chi connectivity index (χ0) is 18.0. The number of carbonyl (C=O) groups excluding carboxylic acids is 1. The zero-order valence-corrected chi connectivity index (χ0v) is 13.9. The summed E-state index contributed by atoms with van der Waals surface area (Å²) in [5.41, 5.74) is 5.11. The maximum Gasteiger partial charge on any atom is 0.417 e. The van der Waals surface area contributed by atoms with Crippen LogP contribution in [-0.2, 0) is 11.0 Å². The molecule has 1 aromatic heterocycles. The summed E-state index contributed by atoms with van der Waals surface area (Å²) in [4.78, 5) is 18.1. The zero-order valence-electron chi connectivity index (χ0n) is 13.9. The third-order valence-corrected chi connectivity index (χ3v) is 5.08. The molecule has 0 spiro atoms. The number of rotatable bonds is 3. The first kappa shape index (κ1) is 18.0. The molecule has 0 bridgehead atoms. The molecule has 1 aromatic rings. The first-order valence-electron chi connectivity index (χ1n) is 8.67. The summed E-state index contributed by atoms with van der Waals surface area (Å²) in [5.74, 6) is 0.642. The van der Waals surface area contributed by atoms with Crippen molar-refractivity contribution in [3.05, 3.63) is 23.9 Å². The predicted molar refractivity (Wildman–Crippen MR) is 87.9 cm³/mol. The number of anilines is 1. The van der Waals surface area contributed by atoms with E-state index in [2.05, 4.69) is 10.3 Å². The van der Waals surface area contributed by atoms with Crippen molar-refractivity contribution in [3.63, 3.8) is 0 Å². The molecule has 3 N–H and O–H groups in total. The monoisotopic (exact) mass is 356 g/mol. The number of hydrogen-bond acceptors (Lipinski definition) is 4. The molecular weight excluding hydrogens is 333 g/mol. The van der Waals surface area contributed by atoms with Gasteiger partial charge in [0, 0.05) is 37.3 Å². The summed E-state index contributed by atoms with van der Waals surface area (Å²) < 4.78 is 37.8. The van der Waals surface area contributed by atoms with E-state index in [1.54, 1.807) is 0 Å². The Labute approximate surface area is 144 Å². The Morgan fingerprint density at radius 1 is 1.20 bits per heavy atom. The number of pyridine rings is 1. The number of carbonyl (C=O) groups is 1. The van der Waals surface area contributed by atoms with E-state index in [1.807, 2.05) is 4.90 Å². The van der Waals surface area contributed by atoms with Gasteiger partial charge in [0.05, 0.1) is 5.56 Å². The maximum atomic E-state index is 12.6. The molecule has 5 nitrogen and oxygen atoms in total. The highest BCUT2D eigenvalue weighted by Crippen LogP contribution is 2.30. The number of amides is 1. The van der Waals surface area contributed by atoms with Crippen LogP contribution in [0.3, 0.4) is 0 Å². The van der Waals surface area contributed by atoms with Crippen LogP contribution in [0.1, 0.15) is 37.7 Å². The second-order valence-corrected chi connectivity index (χ2v) is 6.94. The van der Waals surface area contributed by atoms with Gasteiger partial charge in [-0.2, -0.15) is 13.2 Å². The van der Waals surface area contributed by atoms with Crippen molar-refractivity contribution in [2.45, 2.75) is 50.4 Å². The quantitative estimate of drug-likeness (QED) is 0.872. The molecule has 1 saturated carbocycles. The molecule has 2 fully saturated rings. The van der Waals surface area contributed by atoms with Crippen LogP contribution < -0.4 is 16.0 Å². The molecule has 0 aromatic carbocycles. The lowest BCUT2D eigenvalue weighted by molar-refractivity contribution is -0.137.